The molecule has 1 fully saturated rings. The fourth-order valence-corrected chi connectivity index (χ4v) is 1.59. The first-order valence-corrected chi connectivity index (χ1v) is 5.54. The van der Waals surface area contributed by atoms with Gasteiger partial charge in [-0.05, 0) is 33.6 Å². The first-order valence-electron chi connectivity index (χ1n) is 5.54. The van der Waals surface area contributed by atoms with Crippen LogP contribution in [0, 0.1) is 5.41 Å². The minimum atomic E-state index is -0.555. The van der Waals surface area contributed by atoms with E-state index in [9.17, 15) is 9.59 Å². The van der Waals surface area contributed by atoms with Crippen LogP contribution >= 0.6 is 0 Å². The van der Waals surface area contributed by atoms with Crippen molar-refractivity contribution in [1.29, 1.82) is 0 Å². The summed E-state index contributed by atoms with van der Waals surface area (Å²) in [6, 6.07) is 0. The van der Waals surface area contributed by atoms with Crippen molar-refractivity contribution < 1.29 is 14.3 Å². The molecule has 0 N–H and O–H groups in total. The van der Waals surface area contributed by atoms with E-state index in [1.165, 1.54) is 0 Å². The number of esters is 1. The normalized spacial score (nSPS) is 26.8. The lowest BCUT2D eigenvalue weighted by atomic mass is 9.90. The third kappa shape index (κ3) is 2.80. The average Bonchev–Trinajstić information content (AvgIpc) is 2.46. The number of hydrogen-bond donors (Lipinski definition) is 0. The van der Waals surface area contributed by atoms with E-state index in [-0.39, 0.29) is 11.8 Å². The van der Waals surface area contributed by atoms with Gasteiger partial charge in [0.25, 0.3) is 0 Å². The van der Waals surface area contributed by atoms with Crippen LogP contribution in [-0.4, -0.2) is 17.4 Å². The van der Waals surface area contributed by atoms with Gasteiger partial charge < -0.3 is 4.74 Å². The Hall–Kier alpha value is -0.860. The Bertz CT molecular complexity index is 281. The molecule has 1 aliphatic carbocycles. The molecule has 0 saturated heterocycles. The Labute approximate surface area is 91.2 Å². The van der Waals surface area contributed by atoms with E-state index >= 15 is 0 Å². The third-order valence-corrected chi connectivity index (χ3v) is 3.28. The summed E-state index contributed by atoms with van der Waals surface area (Å²) in [6.45, 7) is 7.55. The maximum Gasteiger partial charge on any atom is 0.312 e. The number of Topliss-reactive ketones (excluding diaryl/α,β-unsaturated/α-hetero) is 1. The van der Waals surface area contributed by atoms with E-state index in [1.54, 1.807) is 0 Å². The van der Waals surface area contributed by atoms with E-state index in [1.807, 2.05) is 27.7 Å². The predicted octanol–water partition coefficient (Wildman–Crippen LogP) is 2.48. The summed E-state index contributed by atoms with van der Waals surface area (Å²) in [6.07, 6.45) is 2.32. The fraction of sp³-hybridized carbons (Fsp3) is 0.833. The second-order valence-electron chi connectivity index (χ2n) is 5.29. The zero-order chi connectivity index (χ0) is 11.7. The van der Waals surface area contributed by atoms with E-state index in [2.05, 4.69) is 0 Å². The van der Waals surface area contributed by atoms with E-state index in [0.717, 1.165) is 6.42 Å². The highest BCUT2D eigenvalue weighted by molar-refractivity contribution is 5.83. The fourth-order valence-electron chi connectivity index (χ4n) is 1.59. The molecular weight excluding hydrogens is 192 g/mol. The molecule has 1 atom stereocenters. The highest BCUT2D eigenvalue weighted by Gasteiger charge is 2.40. The molecule has 0 bridgehead atoms. The van der Waals surface area contributed by atoms with Crippen molar-refractivity contribution in [1.82, 2.24) is 0 Å². The Morgan fingerprint density at radius 1 is 1.53 bits per heavy atom. The summed E-state index contributed by atoms with van der Waals surface area (Å²) < 4.78 is 5.47. The van der Waals surface area contributed by atoms with Crippen molar-refractivity contribution in [3.05, 3.63) is 0 Å². The molecule has 0 spiro atoms. The first-order chi connectivity index (χ1) is 6.79. The molecule has 0 aromatic rings. The Morgan fingerprint density at radius 3 is 2.53 bits per heavy atom. The molecule has 1 aliphatic rings. The Morgan fingerprint density at radius 2 is 2.13 bits per heavy atom. The van der Waals surface area contributed by atoms with Crippen LogP contribution in [0.4, 0.5) is 0 Å². The van der Waals surface area contributed by atoms with Gasteiger partial charge >= 0.3 is 5.97 Å². The van der Waals surface area contributed by atoms with Crippen LogP contribution in [0.3, 0.4) is 0 Å². The van der Waals surface area contributed by atoms with Crippen LogP contribution in [0.1, 0.15) is 53.4 Å². The molecule has 1 rings (SSSR count). The first kappa shape index (κ1) is 12.2. The molecule has 0 heterocycles. The number of hydrogen-bond acceptors (Lipinski definition) is 3. The number of carbonyl (C=O) groups is 2. The van der Waals surface area contributed by atoms with Crippen molar-refractivity contribution in [2.75, 3.05) is 0 Å². The lowest BCUT2D eigenvalue weighted by Crippen LogP contribution is -2.35. The zero-order valence-corrected chi connectivity index (χ0v) is 10.1. The Balaban J connectivity index is 2.62. The molecule has 3 nitrogen and oxygen atoms in total. The second-order valence-corrected chi connectivity index (χ2v) is 5.29. The summed E-state index contributed by atoms with van der Waals surface area (Å²) in [5, 5.41) is 0. The van der Waals surface area contributed by atoms with Gasteiger partial charge in [-0.1, -0.05) is 6.92 Å². The molecule has 3 heteroatoms. The number of rotatable bonds is 3. The van der Waals surface area contributed by atoms with Crippen molar-refractivity contribution in [3.63, 3.8) is 0 Å². The Kier molecular flexibility index (Phi) is 3.22. The second kappa shape index (κ2) is 3.95. The van der Waals surface area contributed by atoms with Gasteiger partial charge in [0.15, 0.2) is 0 Å². The van der Waals surface area contributed by atoms with Gasteiger partial charge in [-0.25, -0.2) is 0 Å². The summed E-state index contributed by atoms with van der Waals surface area (Å²) in [4.78, 5) is 23.0. The standard InChI is InChI=1S/C12H20O3/c1-5-11(2,3)10(14)15-12(4)7-6-9(13)8-12/h5-8H2,1-4H3. The average molecular weight is 212 g/mol. The van der Waals surface area contributed by atoms with Gasteiger partial charge in [-0.3, -0.25) is 9.59 Å². The SMILES string of the molecule is CCC(C)(C)C(=O)OC1(C)CCC(=O)C1. The van der Waals surface area contributed by atoms with Crippen LogP contribution in [0.5, 0.6) is 0 Å². The van der Waals surface area contributed by atoms with Crippen LogP contribution in [0.2, 0.25) is 0 Å². The largest absolute Gasteiger partial charge is 0.458 e. The topological polar surface area (TPSA) is 43.4 Å². The quantitative estimate of drug-likeness (QED) is 0.675. The summed E-state index contributed by atoms with van der Waals surface area (Å²) in [5.41, 5.74) is -1.00. The summed E-state index contributed by atoms with van der Waals surface area (Å²) in [7, 11) is 0. The molecular formula is C12H20O3. The maximum atomic E-state index is 11.8. The molecule has 1 unspecified atom stereocenters. The maximum absolute atomic E-state index is 11.8. The van der Waals surface area contributed by atoms with E-state index < -0.39 is 11.0 Å². The van der Waals surface area contributed by atoms with Gasteiger partial charge in [-0.2, -0.15) is 0 Å². The molecule has 15 heavy (non-hydrogen) atoms. The van der Waals surface area contributed by atoms with E-state index in [4.69, 9.17) is 4.74 Å². The molecule has 0 aliphatic heterocycles. The monoisotopic (exact) mass is 212 g/mol. The predicted molar refractivity (Wildman–Crippen MR) is 57.4 cm³/mol. The lowest BCUT2D eigenvalue weighted by molar-refractivity contribution is -0.168. The van der Waals surface area contributed by atoms with Crippen LogP contribution in [-0.2, 0) is 14.3 Å². The minimum absolute atomic E-state index is 0.192. The molecule has 0 aromatic heterocycles. The van der Waals surface area contributed by atoms with Gasteiger partial charge in [0, 0.05) is 12.8 Å². The van der Waals surface area contributed by atoms with Crippen molar-refractivity contribution in [2.24, 2.45) is 5.41 Å². The van der Waals surface area contributed by atoms with Crippen LogP contribution in [0.15, 0.2) is 0 Å². The van der Waals surface area contributed by atoms with Gasteiger partial charge in [0.2, 0.25) is 0 Å². The third-order valence-electron chi connectivity index (χ3n) is 3.28. The number of carbonyl (C=O) groups excluding carboxylic acids is 2. The smallest absolute Gasteiger partial charge is 0.312 e. The van der Waals surface area contributed by atoms with E-state index in [0.29, 0.717) is 19.3 Å². The van der Waals surface area contributed by atoms with Gasteiger partial charge in [0.1, 0.15) is 11.4 Å². The summed E-state index contributed by atoms with van der Waals surface area (Å²) in [5.74, 6) is 0.00167. The van der Waals surface area contributed by atoms with Gasteiger partial charge in [0.05, 0.1) is 5.41 Å². The van der Waals surface area contributed by atoms with Crippen molar-refractivity contribution in [3.8, 4) is 0 Å². The zero-order valence-electron chi connectivity index (χ0n) is 10.1. The molecule has 1 saturated carbocycles. The van der Waals surface area contributed by atoms with Crippen LogP contribution in [0.25, 0.3) is 0 Å². The molecule has 86 valence electrons. The highest BCUT2D eigenvalue weighted by Crippen LogP contribution is 2.33. The number of ether oxygens (including phenoxy) is 1. The minimum Gasteiger partial charge on any atom is -0.458 e. The van der Waals surface area contributed by atoms with Crippen molar-refractivity contribution in [2.45, 2.75) is 59.0 Å². The molecule has 0 radical (unpaired) electrons. The van der Waals surface area contributed by atoms with Crippen molar-refractivity contribution >= 4 is 11.8 Å². The highest BCUT2D eigenvalue weighted by atomic mass is 16.6. The van der Waals surface area contributed by atoms with Crippen LogP contribution < -0.4 is 0 Å². The molecule has 0 amide bonds. The number of ketones is 1. The lowest BCUT2D eigenvalue weighted by Gasteiger charge is -2.29. The summed E-state index contributed by atoms with van der Waals surface area (Å²) >= 11 is 0. The molecule has 0 aromatic carbocycles. The van der Waals surface area contributed by atoms with Gasteiger partial charge in [-0.15, -0.1) is 0 Å².